The first-order valence-corrected chi connectivity index (χ1v) is 33.1. The summed E-state index contributed by atoms with van der Waals surface area (Å²) in [6.07, 6.45) is 93.2. The number of hydrogen-bond donors (Lipinski definition) is 1. The van der Waals surface area contributed by atoms with Gasteiger partial charge in [-0.15, -0.1) is 0 Å². The van der Waals surface area contributed by atoms with E-state index >= 15 is 0 Å². The number of ether oxygens (including phenoxy) is 2. The fraction of sp³-hybridized carbons (Fsp3) is 0.775. The molecule has 0 rings (SSSR count). The third kappa shape index (κ3) is 63.6. The average Bonchev–Trinajstić information content (AvgIpc) is 3.42. The zero-order valence-electron chi connectivity index (χ0n) is 50.5. The molecule has 1 unspecified atom stereocenters. The average molecular weight is 1060 g/mol. The van der Waals surface area contributed by atoms with Crippen LogP contribution in [-0.4, -0.2) is 36.4 Å². The quantitative estimate of drug-likeness (QED) is 0.0373. The number of carbonyl (C=O) groups excluding carboxylic acids is 2. The molecule has 0 amide bonds. The van der Waals surface area contributed by atoms with Crippen molar-refractivity contribution in [2.75, 3.05) is 13.2 Å². The van der Waals surface area contributed by atoms with Gasteiger partial charge in [0.15, 0.2) is 6.10 Å². The molecular formula is C71H126O5. The minimum absolute atomic E-state index is 0.0715. The fourth-order valence-electron chi connectivity index (χ4n) is 9.73. The van der Waals surface area contributed by atoms with Crippen molar-refractivity contribution in [3.8, 4) is 0 Å². The molecular weight excluding hydrogens is 933 g/mol. The zero-order chi connectivity index (χ0) is 54.8. The van der Waals surface area contributed by atoms with Gasteiger partial charge in [0.25, 0.3) is 0 Å². The maximum absolute atomic E-state index is 12.3. The number of carbonyl (C=O) groups is 2. The number of esters is 2. The molecule has 5 heteroatoms. The number of allylic oxidation sites excluding steroid dienone is 14. The Bertz CT molecular complexity index is 1380. The maximum atomic E-state index is 12.3. The summed E-state index contributed by atoms with van der Waals surface area (Å²) in [7, 11) is 0. The molecule has 0 aliphatic carbocycles. The Balaban J connectivity index is 3.41. The van der Waals surface area contributed by atoms with Crippen LogP contribution < -0.4 is 0 Å². The van der Waals surface area contributed by atoms with Gasteiger partial charge >= 0.3 is 11.9 Å². The predicted octanol–water partition coefficient (Wildman–Crippen LogP) is 22.9. The van der Waals surface area contributed by atoms with Gasteiger partial charge in [0.1, 0.15) is 6.61 Å². The molecule has 0 bridgehead atoms. The van der Waals surface area contributed by atoms with E-state index in [1.54, 1.807) is 0 Å². The van der Waals surface area contributed by atoms with Crippen LogP contribution in [0.25, 0.3) is 0 Å². The molecule has 0 fully saturated rings. The zero-order valence-corrected chi connectivity index (χ0v) is 50.5. The van der Waals surface area contributed by atoms with Gasteiger partial charge in [-0.2, -0.15) is 0 Å². The highest BCUT2D eigenvalue weighted by atomic mass is 16.6. The minimum Gasteiger partial charge on any atom is -0.462 e. The van der Waals surface area contributed by atoms with E-state index in [-0.39, 0.29) is 25.2 Å². The summed E-state index contributed by atoms with van der Waals surface area (Å²) in [6, 6.07) is 0. The predicted molar refractivity (Wildman–Crippen MR) is 334 cm³/mol. The fourth-order valence-corrected chi connectivity index (χ4v) is 9.73. The summed E-state index contributed by atoms with van der Waals surface area (Å²) in [5.41, 5.74) is 0. The second-order valence-electron chi connectivity index (χ2n) is 22.2. The normalized spacial score (nSPS) is 12.7. The van der Waals surface area contributed by atoms with Crippen LogP contribution in [0.2, 0.25) is 0 Å². The Morgan fingerprint density at radius 1 is 0.316 bits per heavy atom. The van der Waals surface area contributed by atoms with Crippen molar-refractivity contribution in [2.45, 2.75) is 341 Å². The number of aliphatic hydroxyl groups excluding tert-OH is 1. The van der Waals surface area contributed by atoms with E-state index < -0.39 is 6.10 Å². The largest absolute Gasteiger partial charge is 0.462 e. The van der Waals surface area contributed by atoms with Crippen molar-refractivity contribution in [1.29, 1.82) is 0 Å². The first kappa shape index (κ1) is 73.1. The molecule has 0 aromatic heterocycles. The lowest BCUT2D eigenvalue weighted by Gasteiger charge is -2.15. The first-order chi connectivity index (χ1) is 37.6. The number of hydrogen-bond acceptors (Lipinski definition) is 5. The van der Waals surface area contributed by atoms with E-state index in [0.29, 0.717) is 12.8 Å². The van der Waals surface area contributed by atoms with E-state index in [0.717, 1.165) is 83.5 Å². The van der Waals surface area contributed by atoms with Crippen LogP contribution in [0.4, 0.5) is 0 Å². The highest BCUT2D eigenvalue weighted by molar-refractivity contribution is 5.70. The van der Waals surface area contributed by atoms with Crippen LogP contribution in [-0.2, 0) is 19.1 Å². The summed E-state index contributed by atoms with van der Waals surface area (Å²) >= 11 is 0. The van der Waals surface area contributed by atoms with Gasteiger partial charge in [0, 0.05) is 12.8 Å². The monoisotopic (exact) mass is 1060 g/mol. The summed E-state index contributed by atoms with van der Waals surface area (Å²) < 4.78 is 10.7. The van der Waals surface area contributed by atoms with Crippen LogP contribution >= 0.6 is 0 Å². The molecule has 440 valence electrons. The van der Waals surface area contributed by atoms with Crippen LogP contribution in [0.1, 0.15) is 335 Å². The standard InChI is InChI=1S/C71H126O5/c1-3-5-7-9-11-13-15-17-19-21-23-25-26-27-28-29-30-31-32-33-34-35-36-37-38-39-40-41-42-43-44-46-48-50-52-54-56-58-60-62-64-66-71(74)76-69(67-72)68-75-70(73)65-63-61-59-57-55-53-51-49-47-45-24-22-20-18-16-14-12-10-8-6-4-2/h5,7,11,13,16-19,22-25,47,49,69,72H,3-4,6,8-10,12,14-15,20-21,26-46,48,50-68H2,1-2H3/b7-5-,13-11-,18-16-,19-17-,24-22-,25-23-,49-47-. The van der Waals surface area contributed by atoms with Gasteiger partial charge in [0.05, 0.1) is 6.61 Å². The topological polar surface area (TPSA) is 72.8 Å². The molecule has 0 radical (unpaired) electrons. The maximum Gasteiger partial charge on any atom is 0.306 e. The molecule has 0 saturated heterocycles. The van der Waals surface area contributed by atoms with Gasteiger partial charge in [0.2, 0.25) is 0 Å². The molecule has 0 heterocycles. The van der Waals surface area contributed by atoms with Gasteiger partial charge < -0.3 is 14.6 Å². The lowest BCUT2D eigenvalue weighted by Crippen LogP contribution is -2.28. The minimum atomic E-state index is -0.780. The van der Waals surface area contributed by atoms with Crippen molar-refractivity contribution in [3.05, 3.63) is 85.1 Å². The highest BCUT2D eigenvalue weighted by Crippen LogP contribution is 2.18. The Labute approximate surface area is 473 Å². The Morgan fingerprint density at radius 2 is 0.566 bits per heavy atom. The molecule has 1 N–H and O–H groups in total. The first-order valence-electron chi connectivity index (χ1n) is 33.1. The Hall–Kier alpha value is -2.92. The second kappa shape index (κ2) is 66.4. The summed E-state index contributed by atoms with van der Waals surface area (Å²) in [5.74, 6) is -0.592. The summed E-state index contributed by atoms with van der Waals surface area (Å²) in [5, 5.41) is 9.68. The number of aliphatic hydroxyl groups is 1. The van der Waals surface area contributed by atoms with E-state index in [1.165, 1.54) is 225 Å². The van der Waals surface area contributed by atoms with E-state index in [1.807, 2.05) is 0 Å². The number of rotatable bonds is 61. The molecule has 0 aromatic rings. The van der Waals surface area contributed by atoms with Gasteiger partial charge in [-0.05, 0) is 89.9 Å². The molecule has 76 heavy (non-hydrogen) atoms. The molecule has 0 aliphatic rings. The third-order valence-electron chi connectivity index (χ3n) is 14.7. The van der Waals surface area contributed by atoms with Crippen LogP contribution in [0.5, 0.6) is 0 Å². The SMILES string of the molecule is CC/C=C\C/C=C\C/C=C\C/C=C\CCCCCCCCCCCCCCCCCCCCCCCCCCCCCCC(=O)OC(CO)COC(=O)CCCCCCCC/C=C\C/C=C\C/C=C\CCCCCCC. The molecule has 0 saturated carbocycles. The molecule has 0 aromatic carbocycles. The van der Waals surface area contributed by atoms with Gasteiger partial charge in [-0.3, -0.25) is 9.59 Å². The summed E-state index contributed by atoms with van der Waals surface area (Å²) in [6.45, 7) is 4.04. The molecule has 0 spiro atoms. The third-order valence-corrected chi connectivity index (χ3v) is 14.7. The van der Waals surface area contributed by atoms with Crippen LogP contribution in [0.15, 0.2) is 85.1 Å². The van der Waals surface area contributed by atoms with E-state index in [2.05, 4.69) is 98.9 Å². The molecule has 0 aliphatic heterocycles. The smallest absolute Gasteiger partial charge is 0.306 e. The lowest BCUT2D eigenvalue weighted by atomic mass is 10.0. The second-order valence-corrected chi connectivity index (χ2v) is 22.2. The van der Waals surface area contributed by atoms with Gasteiger partial charge in [-0.1, -0.05) is 317 Å². The van der Waals surface area contributed by atoms with Crippen molar-refractivity contribution in [1.82, 2.24) is 0 Å². The van der Waals surface area contributed by atoms with Crippen molar-refractivity contribution in [2.24, 2.45) is 0 Å². The van der Waals surface area contributed by atoms with Gasteiger partial charge in [-0.25, -0.2) is 0 Å². The Kier molecular flexibility index (Phi) is 63.8. The molecule has 5 nitrogen and oxygen atoms in total. The Morgan fingerprint density at radius 3 is 0.855 bits per heavy atom. The van der Waals surface area contributed by atoms with Crippen molar-refractivity contribution in [3.63, 3.8) is 0 Å². The summed E-state index contributed by atoms with van der Waals surface area (Å²) in [4.78, 5) is 24.6. The molecule has 1 atom stereocenters. The van der Waals surface area contributed by atoms with E-state index in [9.17, 15) is 14.7 Å². The van der Waals surface area contributed by atoms with Crippen molar-refractivity contribution < 1.29 is 24.2 Å². The van der Waals surface area contributed by atoms with Crippen LogP contribution in [0.3, 0.4) is 0 Å². The lowest BCUT2D eigenvalue weighted by molar-refractivity contribution is -0.161. The highest BCUT2D eigenvalue weighted by Gasteiger charge is 2.16. The number of unbranched alkanes of at least 4 members (excludes halogenated alkanes) is 39. The van der Waals surface area contributed by atoms with E-state index in [4.69, 9.17) is 9.47 Å². The van der Waals surface area contributed by atoms with Crippen molar-refractivity contribution >= 4 is 11.9 Å². The van der Waals surface area contributed by atoms with Crippen LogP contribution in [0, 0.1) is 0 Å².